The van der Waals surface area contributed by atoms with Crippen LogP contribution in [0.5, 0.6) is 0 Å². The Morgan fingerprint density at radius 3 is 2.74 bits per heavy atom. The molecule has 19 heavy (non-hydrogen) atoms. The lowest BCUT2D eigenvalue weighted by molar-refractivity contribution is 0.162. The fourth-order valence-corrected chi connectivity index (χ4v) is 3.27. The van der Waals surface area contributed by atoms with Crippen molar-refractivity contribution in [3.63, 3.8) is 0 Å². The SMILES string of the molecule is CCCCC[C@@H](c1cccc(Br)c1)N1CCNCC1. The van der Waals surface area contributed by atoms with Crippen molar-refractivity contribution in [3.8, 4) is 0 Å². The maximum Gasteiger partial charge on any atom is 0.0349 e. The maximum atomic E-state index is 3.61. The standard InChI is InChI=1S/C16H25BrN2/c1-2-3-4-8-16(19-11-9-18-10-12-19)14-6-5-7-15(17)13-14/h5-7,13,16,18H,2-4,8-12H2,1H3/t16-/m0/s1. The summed E-state index contributed by atoms with van der Waals surface area (Å²) < 4.78 is 1.20. The predicted molar refractivity (Wildman–Crippen MR) is 85.5 cm³/mol. The van der Waals surface area contributed by atoms with Crippen LogP contribution in [-0.2, 0) is 0 Å². The van der Waals surface area contributed by atoms with Crippen LogP contribution in [0.1, 0.15) is 44.2 Å². The van der Waals surface area contributed by atoms with Crippen LogP contribution >= 0.6 is 15.9 Å². The van der Waals surface area contributed by atoms with Gasteiger partial charge in [0.25, 0.3) is 0 Å². The lowest BCUT2D eigenvalue weighted by Crippen LogP contribution is -2.45. The fraction of sp³-hybridized carbons (Fsp3) is 0.625. The molecule has 1 aromatic carbocycles. The molecule has 1 aliphatic heterocycles. The van der Waals surface area contributed by atoms with Gasteiger partial charge in [0.15, 0.2) is 0 Å². The Hall–Kier alpha value is -0.380. The number of nitrogens with one attached hydrogen (secondary N) is 1. The lowest BCUT2D eigenvalue weighted by atomic mass is 9.98. The van der Waals surface area contributed by atoms with E-state index in [4.69, 9.17) is 0 Å². The Morgan fingerprint density at radius 2 is 2.05 bits per heavy atom. The topological polar surface area (TPSA) is 15.3 Å². The molecule has 2 nitrogen and oxygen atoms in total. The van der Waals surface area contributed by atoms with E-state index < -0.39 is 0 Å². The van der Waals surface area contributed by atoms with Gasteiger partial charge in [-0.2, -0.15) is 0 Å². The molecule has 1 aliphatic rings. The highest BCUT2D eigenvalue weighted by molar-refractivity contribution is 9.10. The Bertz CT molecular complexity index is 375. The Morgan fingerprint density at radius 1 is 1.26 bits per heavy atom. The lowest BCUT2D eigenvalue weighted by Gasteiger charge is -2.35. The summed E-state index contributed by atoms with van der Waals surface area (Å²) in [5.74, 6) is 0. The highest BCUT2D eigenvalue weighted by Gasteiger charge is 2.21. The van der Waals surface area contributed by atoms with Gasteiger partial charge in [0.05, 0.1) is 0 Å². The summed E-state index contributed by atoms with van der Waals surface area (Å²) in [6.07, 6.45) is 5.26. The molecule has 1 atom stereocenters. The summed E-state index contributed by atoms with van der Waals surface area (Å²) in [5, 5.41) is 3.45. The third-order valence-electron chi connectivity index (χ3n) is 3.91. The highest BCUT2D eigenvalue weighted by Crippen LogP contribution is 2.28. The maximum absolute atomic E-state index is 3.61. The van der Waals surface area contributed by atoms with E-state index in [1.165, 1.54) is 48.8 Å². The highest BCUT2D eigenvalue weighted by atomic mass is 79.9. The zero-order valence-electron chi connectivity index (χ0n) is 11.9. The number of nitrogens with zero attached hydrogens (tertiary/aromatic N) is 1. The molecule has 0 unspecified atom stereocenters. The van der Waals surface area contributed by atoms with Crippen molar-refractivity contribution in [3.05, 3.63) is 34.3 Å². The summed E-state index contributed by atoms with van der Waals surface area (Å²) in [6.45, 7) is 6.86. The van der Waals surface area contributed by atoms with E-state index in [0.717, 1.165) is 13.1 Å². The third-order valence-corrected chi connectivity index (χ3v) is 4.40. The largest absolute Gasteiger partial charge is 0.314 e. The van der Waals surface area contributed by atoms with Crippen molar-refractivity contribution in [2.24, 2.45) is 0 Å². The normalized spacial score (nSPS) is 18.4. The predicted octanol–water partition coefficient (Wildman–Crippen LogP) is 3.98. The summed E-state index contributed by atoms with van der Waals surface area (Å²) >= 11 is 3.61. The number of unbranched alkanes of at least 4 members (excludes halogenated alkanes) is 2. The van der Waals surface area contributed by atoms with E-state index in [1.54, 1.807) is 0 Å². The number of piperazine rings is 1. The van der Waals surface area contributed by atoms with E-state index in [2.05, 4.69) is 57.3 Å². The molecule has 1 saturated heterocycles. The minimum Gasteiger partial charge on any atom is -0.314 e. The summed E-state index contributed by atoms with van der Waals surface area (Å²) in [5.41, 5.74) is 1.47. The van der Waals surface area contributed by atoms with Gasteiger partial charge >= 0.3 is 0 Å². The Balaban J connectivity index is 2.08. The Labute approximate surface area is 125 Å². The van der Waals surface area contributed by atoms with Crippen LogP contribution in [0.25, 0.3) is 0 Å². The van der Waals surface area contributed by atoms with Crippen molar-refractivity contribution in [2.75, 3.05) is 26.2 Å². The van der Waals surface area contributed by atoms with Crippen LogP contribution in [0.3, 0.4) is 0 Å². The molecular formula is C16H25BrN2. The molecular weight excluding hydrogens is 300 g/mol. The van der Waals surface area contributed by atoms with E-state index in [-0.39, 0.29) is 0 Å². The third kappa shape index (κ3) is 4.59. The molecule has 1 N–H and O–H groups in total. The van der Waals surface area contributed by atoms with E-state index in [0.29, 0.717) is 6.04 Å². The number of halogens is 1. The molecule has 1 aromatic rings. The van der Waals surface area contributed by atoms with Crippen molar-refractivity contribution >= 4 is 15.9 Å². The van der Waals surface area contributed by atoms with Gasteiger partial charge in [-0.25, -0.2) is 0 Å². The molecule has 3 heteroatoms. The molecule has 0 saturated carbocycles. The van der Waals surface area contributed by atoms with Crippen molar-refractivity contribution in [2.45, 2.75) is 38.6 Å². The van der Waals surface area contributed by atoms with Gasteiger partial charge in [-0.1, -0.05) is 54.2 Å². The molecule has 0 bridgehead atoms. The summed E-state index contributed by atoms with van der Waals surface area (Å²) in [7, 11) is 0. The molecule has 0 amide bonds. The minimum absolute atomic E-state index is 0.589. The quantitative estimate of drug-likeness (QED) is 0.796. The van der Waals surface area contributed by atoms with Crippen molar-refractivity contribution < 1.29 is 0 Å². The molecule has 0 aromatic heterocycles. The molecule has 1 fully saturated rings. The molecule has 1 heterocycles. The average Bonchev–Trinajstić information content (AvgIpc) is 2.45. The molecule has 0 radical (unpaired) electrons. The number of benzene rings is 1. The second kappa shape index (κ2) is 8.03. The summed E-state index contributed by atoms with van der Waals surface area (Å²) in [6, 6.07) is 9.44. The van der Waals surface area contributed by atoms with Crippen LogP contribution in [0.4, 0.5) is 0 Å². The van der Waals surface area contributed by atoms with Gasteiger partial charge < -0.3 is 5.32 Å². The zero-order valence-corrected chi connectivity index (χ0v) is 13.5. The average molecular weight is 325 g/mol. The van der Waals surface area contributed by atoms with Gasteiger partial charge in [0.2, 0.25) is 0 Å². The van der Waals surface area contributed by atoms with Gasteiger partial charge in [0.1, 0.15) is 0 Å². The second-order valence-electron chi connectivity index (χ2n) is 5.35. The molecule has 0 aliphatic carbocycles. The molecule has 0 spiro atoms. The Kier molecular flexibility index (Phi) is 6.35. The number of hydrogen-bond donors (Lipinski definition) is 1. The monoisotopic (exact) mass is 324 g/mol. The van der Waals surface area contributed by atoms with Crippen LogP contribution in [0.15, 0.2) is 28.7 Å². The number of rotatable bonds is 6. The second-order valence-corrected chi connectivity index (χ2v) is 6.27. The number of hydrogen-bond acceptors (Lipinski definition) is 2. The van der Waals surface area contributed by atoms with Crippen molar-refractivity contribution in [1.82, 2.24) is 10.2 Å². The first-order chi connectivity index (χ1) is 9.31. The van der Waals surface area contributed by atoms with Crippen LogP contribution in [0, 0.1) is 0 Å². The van der Waals surface area contributed by atoms with Gasteiger partial charge in [-0.05, 0) is 24.1 Å². The first-order valence-electron chi connectivity index (χ1n) is 7.51. The first kappa shape index (κ1) is 15.0. The van der Waals surface area contributed by atoms with E-state index >= 15 is 0 Å². The van der Waals surface area contributed by atoms with Gasteiger partial charge in [-0.3, -0.25) is 4.90 Å². The van der Waals surface area contributed by atoms with Crippen LogP contribution in [0.2, 0.25) is 0 Å². The van der Waals surface area contributed by atoms with E-state index in [1.807, 2.05) is 0 Å². The van der Waals surface area contributed by atoms with Gasteiger partial charge in [0, 0.05) is 36.7 Å². The fourth-order valence-electron chi connectivity index (χ4n) is 2.86. The van der Waals surface area contributed by atoms with Crippen LogP contribution < -0.4 is 5.32 Å². The van der Waals surface area contributed by atoms with E-state index in [9.17, 15) is 0 Å². The van der Waals surface area contributed by atoms with Crippen LogP contribution in [-0.4, -0.2) is 31.1 Å². The molecule has 2 rings (SSSR count). The van der Waals surface area contributed by atoms with Gasteiger partial charge in [-0.15, -0.1) is 0 Å². The zero-order chi connectivity index (χ0) is 13.5. The van der Waals surface area contributed by atoms with Crippen molar-refractivity contribution in [1.29, 1.82) is 0 Å². The summed E-state index contributed by atoms with van der Waals surface area (Å²) in [4.78, 5) is 2.65. The smallest absolute Gasteiger partial charge is 0.0349 e. The first-order valence-corrected chi connectivity index (χ1v) is 8.31. The minimum atomic E-state index is 0.589. The molecule has 106 valence electrons.